The van der Waals surface area contributed by atoms with Crippen molar-refractivity contribution in [2.45, 2.75) is 50.1 Å². The van der Waals surface area contributed by atoms with Gasteiger partial charge in [-0.15, -0.1) is 23.1 Å². The van der Waals surface area contributed by atoms with E-state index in [-0.39, 0.29) is 27.8 Å². The van der Waals surface area contributed by atoms with E-state index >= 15 is 0 Å². The third kappa shape index (κ3) is 7.89. The number of amides is 3. The lowest BCUT2D eigenvalue weighted by molar-refractivity contribution is -0.941. The van der Waals surface area contributed by atoms with E-state index in [1.54, 1.807) is 0 Å². The number of β-lactam (4-membered cyclic amide) rings is 1. The number of hydrogen-bond acceptors (Lipinski definition) is 15. The lowest BCUT2D eigenvalue weighted by Crippen LogP contribution is -2.71. The standard InChI is InChI=1S/C32H36N8O12S2/c1-15(41)51-28-16(11-40-5-2-32(3-6-40,4-7-40)14-35-25(46)17-8-19(42)20(43)10-34-17)12-53-29-24(27(48)39(28)29)37-26(47)23(18-13-54-31(33)36-18)38-52-21(30(49)50)9-22(44)45/h8,10,13,21,24,29H,2-7,9,11-12,14H2,1H3,(H7-,33,34,35,36,37,38,42,43,44,45,46,47,49,50)/p+1/t21-,24+,29+,32?,40?/m0/s1. The summed E-state index contributed by atoms with van der Waals surface area (Å²) in [5, 5.41) is 37.7. The van der Waals surface area contributed by atoms with Crippen molar-refractivity contribution in [2.24, 2.45) is 10.6 Å². The molecule has 7 rings (SSSR count). The fourth-order valence-electron chi connectivity index (χ4n) is 7.03. The van der Waals surface area contributed by atoms with E-state index < -0.39 is 76.5 Å². The van der Waals surface area contributed by atoms with Crippen molar-refractivity contribution in [3.05, 3.63) is 50.7 Å². The summed E-state index contributed by atoms with van der Waals surface area (Å²) in [5.41, 5.74) is 5.13. The van der Waals surface area contributed by atoms with Gasteiger partial charge < -0.3 is 50.7 Å². The summed E-state index contributed by atoms with van der Waals surface area (Å²) >= 11 is 2.32. The molecular weight excluding hydrogens is 753 g/mol. The summed E-state index contributed by atoms with van der Waals surface area (Å²) in [5.74, 6) is -5.66. The van der Waals surface area contributed by atoms with Gasteiger partial charge in [0, 0.05) is 61.5 Å². The number of ether oxygens (including phenoxy) is 1. The van der Waals surface area contributed by atoms with Gasteiger partial charge in [-0.25, -0.2) is 9.78 Å². The molecule has 7 heterocycles. The minimum absolute atomic E-state index is 0.0544. The molecule has 2 aromatic rings. The number of nitrogens with one attached hydrogen (secondary N) is 3. The number of carbonyl (C=O) groups is 6. The summed E-state index contributed by atoms with van der Waals surface area (Å²) in [6.07, 6.45) is 0.643. The van der Waals surface area contributed by atoms with Crippen LogP contribution in [0.15, 0.2) is 39.0 Å². The number of pyridine rings is 1. The number of aromatic amines is 1. The number of fused-ring (bicyclic) bond motifs is 4. The number of carboxylic acids is 2. The highest BCUT2D eigenvalue weighted by molar-refractivity contribution is 8.00. The number of carboxylic acid groups (broad SMARTS) is 2. The van der Waals surface area contributed by atoms with Gasteiger partial charge in [0.1, 0.15) is 29.3 Å². The molecule has 3 atom stereocenters. The lowest BCUT2D eigenvalue weighted by Gasteiger charge is -2.56. The summed E-state index contributed by atoms with van der Waals surface area (Å²) in [6.45, 7) is 4.51. The molecule has 5 aliphatic heterocycles. The average molecular weight is 790 g/mol. The third-order valence-electron chi connectivity index (χ3n) is 10.0. The van der Waals surface area contributed by atoms with Crippen molar-refractivity contribution < 1.29 is 58.1 Å². The molecule has 0 unspecified atom stereocenters. The number of aromatic nitrogens is 2. The number of thioether (sulfide) groups is 1. The van der Waals surface area contributed by atoms with E-state index in [1.165, 1.54) is 29.0 Å². The van der Waals surface area contributed by atoms with Crippen molar-refractivity contribution in [3.63, 3.8) is 0 Å². The van der Waals surface area contributed by atoms with Crippen molar-refractivity contribution in [3.8, 4) is 5.75 Å². The second-order valence-corrected chi connectivity index (χ2v) is 15.6. The number of nitrogens with zero attached hydrogens (tertiary/aromatic N) is 4. The topological polar surface area (TPSA) is 293 Å². The molecule has 0 aromatic carbocycles. The Morgan fingerprint density at radius 1 is 1.19 bits per heavy atom. The number of carbonyl (C=O) groups excluding carboxylic acids is 4. The molecule has 0 radical (unpaired) electrons. The fourth-order valence-corrected chi connectivity index (χ4v) is 8.89. The maximum Gasteiger partial charge on any atom is 0.348 e. The summed E-state index contributed by atoms with van der Waals surface area (Å²) in [4.78, 5) is 99.3. The minimum atomic E-state index is -1.92. The number of esters is 1. The predicted octanol–water partition coefficient (Wildman–Crippen LogP) is -0.627. The van der Waals surface area contributed by atoms with Crippen LogP contribution in [0.4, 0.5) is 5.13 Å². The number of anilines is 1. The first-order valence-corrected chi connectivity index (χ1v) is 18.6. The van der Waals surface area contributed by atoms with Gasteiger partial charge in [-0.2, -0.15) is 0 Å². The molecular formula is C32H37N8O12S2+. The number of piperidine rings is 3. The normalized spacial score (nSPS) is 25.2. The molecule has 5 aliphatic rings. The third-order valence-corrected chi connectivity index (χ3v) is 12.1. The largest absolute Gasteiger partial charge is 0.503 e. The Balaban J connectivity index is 1.12. The zero-order chi connectivity index (χ0) is 38.9. The summed E-state index contributed by atoms with van der Waals surface area (Å²) < 4.78 is 6.34. The zero-order valence-electron chi connectivity index (χ0n) is 28.7. The van der Waals surface area contributed by atoms with Crippen LogP contribution in [0.25, 0.3) is 0 Å². The molecule has 4 saturated heterocycles. The SMILES string of the molecule is CC(=O)OC1=C(C[N+]23CCC(CNC(=O)c4cc(=O)c(O)c[nH]4)(CC2)CC3)CS[C@@H]2[C@H](NC(=O)/C(=N\O[C@@H](CC(=O)O)C(=O)O)c3csc(N)n3)C(=O)N12. The number of aliphatic carboxylic acids is 2. The van der Waals surface area contributed by atoms with Gasteiger partial charge in [0.25, 0.3) is 17.7 Å². The van der Waals surface area contributed by atoms with Gasteiger partial charge in [-0.3, -0.25) is 33.7 Å². The first-order chi connectivity index (χ1) is 25.6. The van der Waals surface area contributed by atoms with Gasteiger partial charge >= 0.3 is 17.9 Å². The molecule has 0 aliphatic carbocycles. The monoisotopic (exact) mass is 789 g/mol. The van der Waals surface area contributed by atoms with E-state index in [9.17, 15) is 43.8 Å². The van der Waals surface area contributed by atoms with Crippen LogP contribution in [-0.2, 0) is 33.5 Å². The number of quaternary nitrogens is 1. The Kier molecular flexibility index (Phi) is 10.7. The average Bonchev–Trinajstić information content (AvgIpc) is 3.56. The van der Waals surface area contributed by atoms with Crippen LogP contribution in [0, 0.1) is 5.41 Å². The molecule has 288 valence electrons. The van der Waals surface area contributed by atoms with Crippen molar-refractivity contribution in [2.75, 3.05) is 44.2 Å². The highest BCUT2D eigenvalue weighted by atomic mass is 32.2. The van der Waals surface area contributed by atoms with E-state index in [1.807, 2.05) is 0 Å². The van der Waals surface area contributed by atoms with E-state index in [0.717, 1.165) is 68.1 Å². The van der Waals surface area contributed by atoms with Crippen LogP contribution >= 0.6 is 23.1 Å². The number of oxime groups is 1. The molecule has 20 nitrogen and oxygen atoms in total. The highest BCUT2D eigenvalue weighted by Crippen LogP contribution is 2.46. The van der Waals surface area contributed by atoms with Crippen LogP contribution in [0.1, 0.15) is 48.8 Å². The number of nitrogen functional groups attached to an aromatic ring is 1. The van der Waals surface area contributed by atoms with Gasteiger partial charge in [0.05, 0.1) is 31.6 Å². The molecule has 0 saturated carbocycles. The van der Waals surface area contributed by atoms with Crippen LogP contribution in [0.2, 0.25) is 0 Å². The molecule has 8 N–H and O–H groups in total. The van der Waals surface area contributed by atoms with Crippen LogP contribution in [-0.4, -0.2) is 132 Å². The smallest absolute Gasteiger partial charge is 0.348 e. The molecule has 22 heteroatoms. The number of nitrogens with two attached hydrogens (primary N) is 1. The highest BCUT2D eigenvalue weighted by Gasteiger charge is 2.56. The van der Waals surface area contributed by atoms with Crippen molar-refractivity contribution in [1.82, 2.24) is 25.5 Å². The van der Waals surface area contributed by atoms with Crippen LogP contribution in [0.5, 0.6) is 5.75 Å². The number of thiazole rings is 1. The van der Waals surface area contributed by atoms with Gasteiger partial charge in [0.2, 0.25) is 17.4 Å². The van der Waals surface area contributed by atoms with Gasteiger partial charge in [0.15, 0.2) is 16.6 Å². The molecule has 54 heavy (non-hydrogen) atoms. The first-order valence-electron chi connectivity index (χ1n) is 16.7. The van der Waals surface area contributed by atoms with E-state index in [0.29, 0.717) is 23.3 Å². The Morgan fingerprint density at radius 3 is 2.48 bits per heavy atom. The molecule has 0 spiro atoms. The van der Waals surface area contributed by atoms with E-state index in [2.05, 4.69) is 25.8 Å². The molecule has 4 fully saturated rings. The second-order valence-electron chi connectivity index (χ2n) is 13.6. The molecule has 3 amide bonds. The van der Waals surface area contributed by atoms with Gasteiger partial charge in [-0.05, 0) is 0 Å². The van der Waals surface area contributed by atoms with Crippen molar-refractivity contribution in [1.29, 1.82) is 0 Å². The number of rotatable bonds is 14. The maximum absolute atomic E-state index is 13.6. The fraction of sp³-hybridized carbons (Fsp3) is 0.469. The minimum Gasteiger partial charge on any atom is -0.503 e. The number of H-pyrrole nitrogens is 1. The van der Waals surface area contributed by atoms with Gasteiger partial charge in [-0.1, -0.05) is 5.16 Å². The number of aromatic hydroxyl groups is 1. The second kappa shape index (κ2) is 15.1. The quantitative estimate of drug-likeness (QED) is 0.0412. The number of hydrogen-bond donors (Lipinski definition) is 7. The van der Waals surface area contributed by atoms with E-state index in [4.69, 9.17) is 20.4 Å². The summed E-state index contributed by atoms with van der Waals surface area (Å²) in [7, 11) is 0. The van der Waals surface area contributed by atoms with Crippen LogP contribution < -0.4 is 21.8 Å². The Hall–Kier alpha value is -5.48. The first kappa shape index (κ1) is 38.3. The van der Waals surface area contributed by atoms with Crippen molar-refractivity contribution >= 4 is 69.6 Å². The molecule has 2 bridgehead atoms. The van der Waals surface area contributed by atoms with Crippen LogP contribution in [0.3, 0.4) is 0 Å². The maximum atomic E-state index is 13.6. The zero-order valence-corrected chi connectivity index (χ0v) is 30.4. The summed E-state index contributed by atoms with van der Waals surface area (Å²) in [6, 6.07) is -0.0469. The Labute approximate surface area is 313 Å². The predicted molar refractivity (Wildman–Crippen MR) is 189 cm³/mol. The Bertz CT molecular complexity index is 2000. The lowest BCUT2D eigenvalue weighted by atomic mass is 9.70. The molecule has 2 aromatic heterocycles. The Morgan fingerprint density at radius 2 is 1.89 bits per heavy atom.